The molecule has 0 aliphatic heterocycles. The second-order valence-electron chi connectivity index (χ2n) is 6.70. The van der Waals surface area contributed by atoms with Crippen LogP contribution in [0.5, 0.6) is 5.75 Å². The van der Waals surface area contributed by atoms with Gasteiger partial charge >= 0.3 is 0 Å². The van der Waals surface area contributed by atoms with Gasteiger partial charge in [-0.15, -0.1) is 0 Å². The topological polar surface area (TPSA) is 54.1 Å². The number of aromatic amines is 1. The van der Waals surface area contributed by atoms with E-state index >= 15 is 0 Å². The Balaban J connectivity index is 1.79. The maximum Gasteiger partial charge on any atom is 0.291 e. The summed E-state index contributed by atoms with van der Waals surface area (Å²) in [6.45, 7) is 2.82. The van der Waals surface area contributed by atoms with Crippen LogP contribution >= 0.6 is 0 Å². The van der Waals surface area contributed by atoms with Gasteiger partial charge in [0, 0.05) is 28.7 Å². The molecule has 0 aliphatic carbocycles. The lowest BCUT2D eigenvalue weighted by Crippen LogP contribution is -2.13. The third-order valence-electron chi connectivity index (χ3n) is 4.73. The highest BCUT2D eigenvalue weighted by Crippen LogP contribution is 2.35. The van der Waals surface area contributed by atoms with E-state index < -0.39 is 0 Å². The first-order valence-corrected chi connectivity index (χ1v) is 9.52. The van der Waals surface area contributed by atoms with E-state index in [0.29, 0.717) is 18.9 Å². The van der Waals surface area contributed by atoms with E-state index in [2.05, 4.69) is 10.3 Å². The van der Waals surface area contributed by atoms with Gasteiger partial charge < -0.3 is 15.0 Å². The molecule has 2 N–H and O–H groups in total. The zero-order valence-electron chi connectivity index (χ0n) is 16.0. The first-order valence-electron chi connectivity index (χ1n) is 9.52. The van der Waals surface area contributed by atoms with Crippen molar-refractivity contribution in [1.29, 1.82) is 0 Å². The van der Waals surface area contributed by atoms with Gasteiger partial charge in [-0.05, 0) is 48.4 Å². The molecule has 29 heavy (non-hydrogen) atoms. The van der Waals surface area contributed by atoms with Crippen LogP contribution in [0.1, 0.15) is 12.5 Å². The minimum absolute atomic E-state index is 0.245. The third-order valence-corrected chi connectivity index (χ3v) is 4.73. The standard InChI is InChI=1S/C24H21FN2O2/c1-2-29-23-22(17-6-4-3-5-7-17)20-14-19(12-13-21(20)27-24(23)28)26-15-16-8-10-18(25)11-9-16/h3-14,26H,2,15H2,1H3,(H,27,28). The predicted octanol–water partition coefficient (Wildman–Crippen LogP) is 5.35. The van der Waals surface area contributed by atoms with E-state index in [-0.39, 0.29) is 11.4 Å². The fraction of sp³-hybridized carbons (Fsp3) is 0.125. The summed E-state index contributed by atoms with van der Waals surface area (Å²) in [6.07, 6.45) is 0. The molecule has 0 unspecified atom stereocenters. The van der Waals surface area contributed by atoms with Gasteiger partial charge in [0.15, 0.2) is 5.75 Å². The van der Waals surface area contributed by atoms with Gasteiger partial charge in [0.25, 0.3) is 5.56 Å². The zero-order chi connectivity index (χ0) is 20.2. The summed E-state index contributed by atoms with van der Waals surface area (Å²) in [5.74, 6) is 0.0706. The minimum atomic E-state index is -0.251. The lowest BCUT2D eigenvalue weighted by Gasteiger charge is -2.14. The lowest BCUT2D eigenvalue weighted by atomic mass is 9.99. The molecule has 1 heterocycles. The highest BCUT2D eigenvalue weighted by molar-refractivity contribution is 5.99. The molecule has 1 aromatic heterocycles. The summed E-state index contributed by atoms with van der Waals surface area (Å²) in [5, 5.41) is 4.25. The van der Waals surface area contributed by atoms with Crippen molar-refractivity contribution in [3.8, 4) is 16.9 Å². The van der Waals surface area contributed by atoms with Crippen LogP contribution in [0.3, 0.4) is 0 Å². The van der Waals surface area contributed by atoms with E-state index in [1.807, 2.05) is 55.5 Å². The molecule has 0 bridgehead atoms. The van der Waals surface area contributed by atoms with Gasteiger partial charge in [-0.25, -0.2) is 4.39 Å². The van der Waals surface area contributed by atoms with Crippen molar-refractivity contribution in [2.24, 2.45) is 0 Å². The number of fused-ring (bicyclic) bond motifs is 1. The van der Waals surface area contributed by atoms with Crippen LogP contribution in [0.2, 0.25) is 0 Å². The molecule has 4 rings (SSSR count). The number of pyridine rings is 1. The van der Waals surface area contributed by atoms with Crippen LogP contribution in [-0.2, 0) is 6.54 Å². The van der Waals surface area contributed by atoms with Crippen LogP contribution in [0.15, 0.2) is 77.6 Å². The molecule has 0 saturated heterocycles. The quantitative estimate of drug-likeness (QED) is 0.468. The van der Waals surface area contributed by atoms with Crippen molar-refractivity contribution < 1.29 is 9.13 Å². The largest absolute Gasteiger partial charge is 0.488 e. The molecule has 0 aliphatic rings. The number of halogens is 1. The number of rotatable bonds is 6. The lowest BCUT2D eigenvalue weighted by molar-refractivity contribution is 0.337. The summed E-state index contributed by atoms with van der Waals surface area (Å²) in [7, 11) is 0. The first-order chi connectivity index (χ1) is 14.2. The summed E-state index contributed by atoms with van der Waals surface area (Å²) >= 11 is 0. The monoisotopic (exact) mass is 388 g/mol. The summed E-state index contributed by atoms with van der Waals surface area (Å²) in [4.78, 5) is 15.5. The molecule has 0 saturated carbocycles. The Labute approximate surface area is 168 Å². The second-order valence-corrected chi connectivity index (χ2v) is 6.70. The van der Waals surface area contributed by atoms with E-state index in [4.69, 9.17) is 4.74 Å². The van der Waals surface area contributed by atoms with Crippen LogP contribution < -0.4 is 15.6 Å². The summed E-state index contributed by atoms with van der Waals surface area (Å²) in [6, 6.07) is 22.0. The Morgan fingerprint density at radius 2 is 1.76 bits per heavy atom. The third kappa shape index (κ3) is 3.99. The number of benzene rings is 3. The van der Waals surface area contributed by atoms with Crippen molar-refractivity contribution in [2.45, 2.75) is 13.5 Å². The second kappa shape index (κ2) is 8.19. The molecule has 0 amide bonds. The zero-order valence-corrected chi connectivity index (χ0v) is 16.0. The Bertz CT molecular complexity index is 1190. The van der Waals surface area contributed by atoms with Gasteiger partial charge in [-0.2, -0.15) is 0 Å². The number of hydrogen-bond acceptors (Lipinski definition) is 3. The van der Waals surface area contributed by atoms with E-state index in [9.17, 15) is 9.18 Å². The van der Waals surface area contributed by atoms with Gasteiger partial charge in [-0.1, -0.05) is 42.5 Å². The van der Waals surface area contributed by atoms with Gasteiger partial charge in [0.2, 0.25) is 0 Å². The molecule has 146 valence electrons. The Hall–Kier alpha value is -3.60. The number of aromatic nitrogens is 1. The Kier molecular flexibility index (Phi) is 5.29. The minimum Gasteiger partial charge on any atom is -0.488 e. The van der Waals surface area contributed by atoms with Crippen LogP contribution in [0.4, 0.5) is 10.1 Å². The van der Waals surface area contributed by atoms with Crippen molar-refractivity contribution in [2.75, 3.05) is 11.9 Å². The Morgan fingerprint density at radius 3 is 2.48 bits per heavy atom. The molecule has 4 nitrogen and oxygen atoms in total. The van der Waals surface area contributed by atoms with Gasteiger partial charge in [0.05, 0.1) is 6.61 Å². The molecule has 0 spiro atoms. The first kappa shape index (κ1) is 18.7. The molecular weight excluding hydrogens is 367 g/mol. The predicted molar refractivity (Wildman–Crippen MR) is 115 cm³/mol. The van der Waals surface area contributed by atoms with Crippen molar-refractivity contribution in [3.05, 3.63) is 94.5 Å². The van der Waals surface area contributed by atoms with Crippen LogP contribution in [0, 0.1) is 5.82 Å². The number of anilines is 1. The highest BCUT2D eigenvalue weighted by atomic mass is 19.1. The molecule has 5 heteroatoms. The maximum atomic E-state index is 13.1. The average molecular weight is 388 g/mol. The van der Waals surface area contributed by atoms with E-state index in [0.717, 1.165) is 33.3 Å². The van der Waals surface area contributed by atoms with Crippen molar-refractivity contribution in [1.82, 2.24) is 4.98 Å². The summed E-state index contributed by atoms with van der Waals surface area (Å²) in [5.41, 5.74) is 4.06. The van der Waals surface area contributed by atoms with Crippen molar-refractivity contribution in [3.63, 3.8) is 0 Å². The number of H-pyrrole nitrogens is 1. The molecule has 0 fully saturated rings. The number of hydrogen-bond donors (Lipinski definition) is 2. The SMILES string of the molecule is CCOc1c(-c2ccccc2)c2cc(NCc3ccc(F)cc3)ccc2[nH]c1=O. The van der Waals surface area contributed by atoms with Gasteiger partial charge in [0.1, 0.15) is 5.82 Å². The number of ether oxygens (including phenoxy) is 1. The molecule has 0 atom stereocenters. The highest BCUT2D eigenvalue weighted by Gasteiger charge is 2.16. The van der Waals surface area contributed by atoms with Crippen molar-refractivity contribution >= 4 is 16.6 Å². The smallest absolute Gasteiger partial charge is 0.291 e. The summed E-state index contributed by atoms with van der Waals surface area (Å²) < 4.78 is 18.8. The fourth-order valence-corrected chi connectivity index (χ4v) is 3.36. The van der Waals surface area contributed by atoms with Crippen LogP contribution in [0.25, 0.3) is 22.0 Å². The Morgan fingerprint density at radius 1 is 1.00 bits per heavy atom. The maximum absolute atomic E-state index is 13.1. The normalized spacial score (nSPS) is 10.8. The molecule has 0 radical (unpaired) electrons. The van der Waals surface area contributed by atoms with E-state index in [1.54, 1.807) is 12.1 Å². The van der Waals surface area contributed by atoms with Gasteiger partial charge in [-0.3, -0.25) is 4.79 Å². The average Bonchev–Trinajstić information content (AvgIpc) is 2.75. The fourth-order valence-electron chi connectivity index (χ4n) is 3.36. The number of nitrogens with one attached hydrogen (secondary N) is 2. The van der Waals surface area contributed by atoms with E-state index in [1.165, 1.54) is 12.1 Å². The molecular formula is C24H21FN2O2. The molecule has 3 aromatic carbocycles. The molecule has 4 aromatic rings. The van der Waals surface area contributed by atoms with Crippen LogP contribution in [-0.4, -0.2) is 11.6 Å².